The third kappa shape index (κ3) is 4.32. The molecule has 0 aromatic rings. The Morgan fingerprint density at radius 1 is 1.41 bits per heavy atom. The first-order valence-corrected chi connectivity index (χ1v) is 6.06. The highest BCUT2D eigenvalue weighted by Crippen LogP contribution is 2.24. The first kappa shape index (κ1) is 13.9. The van der Waals surface area contributed by atoms with E-state index in [1.165, 1.54) is 0 Å². The Balaban J connectivity index is 2.38. The minimum Gasteiger partial charge on any atom is -0.396 e. The van der Waals surface area contributed by atoms with E-state index in [4.69, 9.17) is 10.8 Å². The molecule has 2 amide bonds. The highest BCUT2D eigenvalue weighted by Gasteiger charge is 2.28. The summed E-state index contributed by atoms with van der Waals surface area (Å²) in [5.74, 6) is -0.418. The second kappa shape index (κ2) is 7.24. The number of nitrogens with two attached hydrogens (primary N) is 1. The molecular formula is C11H21N3O3. The van der Waals surface area contributed by atoms with E-state index in [-0.39, 0.29) is 37.6 Å². The second-order valence-corrected chi connectivity index (χ2v) is 4.23. The van der Waals surface area contributed by atoms with E-state index in [2.05, 4.69) is 5.32 Å². The van der Waals surface area contributed by atoms with Crippen LogP contribution in [0, 0.1) is 0 Å². The van der Waals surface area contributed by atoms with E-state index >= 15 is 0 Å². The smallest absolute Gasteiger partial charge is 0.242 e. The summed E-state index contributed by atoms with van der Waals surface area (Å²) in [5.41, 5.74) is 5.14. The molecule has 0 aromatic carbocycles. The van der Waals surface area contributed by atoms with Crippen LogP contribution >= 0.6 is 0 Å². The van der Waals surface area contributed by atoms with E-state index < -0.39 is 0 Å². The molecule has 0 aliphatic heterocycles. The lowest BCUT2D eigenvalue weighted by Crippen LogP contribution is -2.49. The van der Waals surface area contributed by atoms with Gasteiger partial charge in [-0.1, -0.05) is 0 Å². The van der Waals surface area contributed by atoms with Gasteiger partial charge in [0.2, 0.25) is 11.8 Å². The average molecular weight is 243 g/mol. The zero-order valence-corrected chi connectivity index (χ0v) is 10.0. The molecule has 1 saturated carbocycles. The van der Waals surface area contributed by atoms with Crippen LogP contribution in [0.25, 0.3) is 0 Å². The summed E-state index contributed by atoms with van der Waals surface area (Å²) in [6.07, 6.45) is 3.75. The summed E-state index contributed by atoms with van der Waals surface area (Å²) in [5, 5.41) is 11.3. The van der Waals surface area contributed by atoms with E-state index in [0.717, 1.165) is 19.3 Å². The van der Waals surface area contributed by atoms with Crippen LogP contribution in [0.3, 0.4) is 0 Å². The maximum absolute atomic E-state index is 11.9. The molecule has 0 radical (unpaired) electrons. The molecule has 0 bridgehead atoms. The molecule has 0 aromatic heterocycles. The van der Waals surface area contributed by atoms with E-state index in [1.54, 1.807) is 4.90 Å². The van der Waals surface area contributed by atoms with Gasteiger partial charge >= 0.3 is 0 Å². The third-order valence-corrected chi connectivity index (χ3v) is 3.02. The quantitative estimate of drug-likeness (QED) is 0.525. The Bertz CT molecular complexity index is 267. The third-order valence-electron chi connectivity index (χ3n) is 3.02. The number of nitrogens with one attached hydrogen (secondary N) is 1. The Morgan fingerprint density at radius 3 is 2.59 bits per heavy atom. The van der Waals surface area contributed by atoms with E-state index in [9.17, 15) is 9.59 Å². The standard InChI is InChI=1S/C11H21N3O3/c12-7-10(16)13-8-11(17)14(5-2-6-15)9-3-1-4-9/h9,15H,1-8,12H2,(H,13,16). The van der Waals surface area contributed by atoms with Crippen molar-refractivity contribution in [3.63, 3.8) is 0 Å². The topological polar surface area (TPSA) is 95.7 Å². The van der Waals surface area contributed by atoms with Crippen molar-refractivity contribution in [2.75, 3.05) is 26.2 Å². The second-order valence-electron chi connectivity index (χ2n) is 4.23. The Morgan fingerprint density at radius 2 is 2.12 bits per heavy atom. The van der Waals surface area contributed by atoms with Crippen molar-refractivity contribution >= 4 is 11.8 Å². The average Bonchev–Trinajstić information content (AvgIpc) is 2.28. The Hall–Kier alpha value is -1.14. The molecular weight excluding hydrogens is 222 g/mol. The molecule has 0 heterocycles. The lowest BCUT2D eigenvalue weighted by molar-refractivity contribution is -0.136. The fourth-order valence-electron chi connectivity index (χ4n) is 1.80. The number of aliphatic hydroxyl groups excluding tert-OH is 1. The van der Waals surface area contributed by atoms with Crippen molar-refractivity contribution in [3.8, 4) is 0 Å². The van der Waals surface area contributed by atoms with Gasteiger partial charge in [-0.25, -0.2) is 0 Å². The number of carbonyl (C=O) groups excluding carboxylic acids is 2. The summed E-state index contributed by atoms with van der Waals surface area (Å²) < 4.78 is 0. The molecule has 6 nitrogen and oxygen atoms in total. The maximum atomic E-state index is 11.9. The minimum atomic E-state index is -0.325. The van der Waals surface area contributed by atoms with Crippen molar-refractivity contribution in [2.24, 2.45) is 5.73 Å². The molecule has 1 aliphatic carbocycles. The van der Waals surface area contributed by atoms with Crippen molar-refractivity contribution in [1.82, 2.24) is 10.2 Å². The fourth-order valence-corrected chi connectivity index (χ4v) is 1.80. The van der Waals surface area contributed by atoms with Crippen molar-refractivity contribution < 1.29 is 14.7 Å². The van der Waals surface area contributed by atoms with Crippen molar-refractivity contribution in [3.05, 3.63) is 0 Å². The number of nitrogens with zero attached hydrogens (tertiary/aromatic N) is 1. The van der Waals surface area contributed by atoms with E-state index in [0.29, 0.717) is 13.0 Å². The van der Waals surface area contributed by atoms with Gasteiger partial charge in [-0.15, -0.1) is 0 Å². The van der Waals surface area contributed by atoms with Gasteiger partial charge in [0.1, 0.15) is 0 Å². The van der Waals surface area contributed by atoms with Gasteiger partial charge in [0.05, 0.1) is 13.1 Å². The van der Waals surface area contributed by atoms with Gasteiger partial charge in [-0.2, -0.15) is 0 Å². The monoisotopic (exact) mass is 243 g/mol. The predicted octanol–water partition coefficient (Wildman–Crippen LogP) is -1.18. The summed E-state index contributed by atoms with van der Waals surface area (Å²) in [6, 6.07) is 0.281. The van der Waals surface area contributed by atoms with Crippen LogP contribution < -0.4 is 11.1 Å². The molecule has 17 heavy (non-hydrogen) atoms. The van der Waals surface area contributed by atoms with Crippen LogP contribution in [0.2, 0.25) is 0 Å². The van der Waals surface area contributed by atoms with Gasteiger partial charge in [0.25, 0.3) is 0 Å². The van der Waals surface area contributed by atoms with Crippen LogP contribution in [0.5, 0.6) is 0 Å². The molecule has 0 unspecified atom stereocenters. The summed E-state index contributed by atoms with van der Waals surface area (Å²) in [6.45, 7) is 0.523. The van der Waals surface area contributed by atoms with Crippen molar-refractivity contribution in [1.29, 1.82) is 0 Å². The molecule has 0 saturated heterocycles. The van der Waals surface area contributed by atoms with Crippen LogP contribution in [0.1, 0.15) is 25.7 Å². The number of carbonyl (C=O) groups is 2. The molecule has 1 rings (SSSR count). The zero-order valence-electron chi connectivity index (χ0n) is 10.0. The van der Waals surface area contributed by atoms with Gasteiger partial charge in [-0.3, -0.25) is 9.59 Å². The van der Waals surface area contributed by atoms with Crippen LogP contribution in [0.4, 0.5) is 0 Å². The Kier molecular flexibility index (Phi) is 5.93. The summed E-state index contributed by atoms with van der Waals surface area (Å²) in [7, 11) is 0. The number of amides is 2. The van der Waals surface area contributed by atoms with Gasteiger partial charge < -0.3 is 21.1 Å². The van der Waals surface area contributed by atoms with Crippen molar-refractivity contribution in [2.45, 2.75) is 31.7 Å². The normalized spacial score (nSPS) is 15.2. The molecule has 98 valence electrons. The van der Waals surface area contributed by atoms with E-state index in [1.807, 2.05) is 0 Å². The lowest BCUT2D eigenvalue weighted by Gasteiger charge is -2.37. The van der Waals surface area contributed by atoms with Crippen LogP contribution in [-0.4, -0.2) is 54.1 Å². The Labute approximate surface area is 101 Å². The SMILES string of the molecule is NCC(=O)NCC(=O)N(CCCO)C1CCC1. The molecule has 0 spiro atoms. The number of hydrogen-bond donors (Lipinski definition) is 3. The fraction of sp³-hybridized carbons (Fsp3) is 0.818. The number of hydrogen-bond acceptors (Lipinski definition) is 4. The minimum absolute atomic E-state index is 0.00202. The number of rotatable bonds is 7. The summed E-state index contributed by atoms with van der Waals surface area (Å²) in [4.78, 5) is 24.6. The van der Waals surface area contributed by atoms with Gasteiger partial charge in [0.15, 0.2) is 0 Å². The first-order valence-electron chi connectivity index (χ1n) is 6.06. The predicted molar refractivity (Wildman–Crippen MR) is 63.1 cm³/mol. The first-order chi connectivity index (χ1) is 8.19. The molecule has 1 fully saturated rings. The molecule has 0 atom stereocenters. The maximum Gasteiger partial charge on any atom is 0.242 e. The van der Waals surface area contributed by atoms with Gasteiger partial charge in [-0.05, 0) is 25.7 Å². The molecule has 1 aliphatic rings. The zero-order chi connectivity index (χ0) is 12.7. The van der Waals surface area contributed by atoms with Gasteiger partial charge in [0, 0.05) is 19.2 Å². The van der Waals surface area contributed by atoms with Crippen LogP contribution in [-0.2, 0) is 9.59 Å². The largest absolute Gasteiger partial charge is 0.396 e. The van der Waals surface area contributed by atoms with Crippen LogP contribution in [0.15, 0.2) is 0 Å². The lowest BCUT2D eigenvalue weighted by atomic mass is 9.91. The highest BCUT2D eigenvalue weighted by atomic mass is 16.3. The molecule has 4 N–H and O–H groups in total. The summed E-state index contributed by atoms with van der Waals surface area (Å²) >= 11 is 0. The molecule has 6 heteroatoms. The number of aliphatic hydroxyl groups is 1. The highest BCUT2D eigenvalue weighted by molar-refractivity contribution is 5.85.